The number of rotatable bonds is 6. The first-order chi connectivity index (χ1) is 11.0. The molecule has 2 amide bonds. The molecule has 1 fully saturated rings. The lowest BCUT2D eigenvalue weighted by Crippen LogP contribution is -2.27. The third-order valence-electron chi connectivity index (χ3n) is 3.03. The standard InChI is InChI=1S/C17H19NO4S/c1-5-8-18-16(19)15(23-17(18)20)10-12-6-7-13(22-11(2)3)14(9-12)21-4/h5-7,9-11H,1,8H2,2-4H3/b15-10+. The van der Waals surface area contributed by atoms with Crippen LogP contribution in [-0.4, -0.2) is 35.8 Å². The number of ether oxygens (including phenoxy) is 2. The van der Waals surface area contributed by atoms with Crippen LogP contribution in [0.4, 0.5) is 4.79 Å². The van der Waals surface area contributed by atoms with Gasteiger partial charge < -0.3 is 9.47 Å². The first-order valence-electron chi connectivity index (χ1n) is 7.17. The molecule has 0 spiro atoms. The lowest BCUT2D eigenvalue weighted by molar-refractivity contribution is -0.122. The lowest BCUT2D eigenvalue weighted by Gasteiger charge is -2.13. The average Bonchev–Trinajstić information content (AvgIpc) is 2.76. The molecule has 1 heterocycles. The molecule has 0 aliphatic carbocycles. The Hall–Kier alpha value is -2.21. The Bertz CT molecular complexity index is 667. The Labute approximate surface area is 139 Å². The molecule has 1 aromatic carbocycles. The summed E-state index contributed by atoms with van der Waals surface area (Å²) in [5, 5.41) is -0.284. The van der Waals surface area contributed by atoms with E-state index in [9.17, 15) is 9.59 Å². The van der Waals surface area contributed by atoms with Crippen molar-refractivity contribution in [1.29, 1.82) is 0 Å². The van der Waals surface area contributed by atoms with Crippen molar-refractivity contribution in [3.05, 3.63) is 41.3 Å². The fraction of sp³-hybridized carbons (Fsp3) is 0.294. The van der Waals surface area contributed by atoms with E-state index < -0.39 is 0 Å². The van der Waals surface area contributed by atoms with Crippen molar-refractivity contribution in [1.82, 2.24) is 4.90 Å². The van der Waals surface area contributed by atoms with Gasteiger partial charge in [-0.25, -0.2) is 0 Å². The second-order valence-corrected chi connectivity index (χ2v) is 6.15. The van der Waals surface area contributed by atoms with Crippen LogP contribution in [-0.2, 0) is 4.79 Å². The molecule has 0 saturated carbocycles. The molecule has 6 heteroatoms. The van der Waals surface area contributed by atoms with Gasteiger partial charge in [-0.3, -0.25) is 14.5 Å². The average molecular weight is 333 g/mol. The van der Waals surface area contributed by atoms with Gasteiger partial charge in [0.1, 0.15) is 0 Å². The molecule has 23 heavy (non-hydrogen) atoms. The van der Waals surface area contributed by atoms with Gasteiger partial charge in [-0.15, -0.1) is 6.58 Å². The molecule has 2 rings (SSSR count). The van der Waals surface area contributed by atoms with E-state index >= 15 is 0 Å². The fourth-order valence-corrected chi connectivity index (χ4v) is 2.91. The third kappa shape index (κ3) is 3.96. The van der Waals surface area contributed by atoms with Crippen LogP contribution in [0.2, 0.25) is 0 Å². The molecule has 1 aromatic rings. The molecule has 5 nitrogen and oxygen atoms in total. The summed E-state index contributed by atoms with van der Waals surface area (Å²) in [6.45, 7) is 7.63. The molecule has 0 radical (unpaired) electrons. The summed E-state index contributed by atoms with van der Waals surface area (Å²) >= 11 is 0.924. The van der Waals surface area contributed by atoms with E-state index in [0.29, 0.717) is 16.4 Å². The van der Waals surface area contributed by atoms with Crippen molar-refractivity contribution in [2.24, 2.45) is 0 Å². The maximum Gasteiger partial charge on any atom is 0.293 e. The smallest absolute Gasteiger partial charge is 0.293 e. The Morgan fingerprint density at radius 2 is 2.04 bits per heavy atom. The van der Waals surface area contributed by atoms with Crippen LogP contribution in [0.25, 0.3) is 6.08 Å². The zero-order chi connectivity index (χ0) is 17.0. The van der Waals surface area contributed by atoms with E-state index in [1.807, 2.05) is 19.9 Å². The number of carbonyl (C=O) groups excluding carboxylic acids is 2. The minimum absolute atomic E-state index is 0.0325. The number of thioether (sulfide) groups is 1. The summed E-state index contributed by atoms with van der Waals surface area (Å²) in [6, 6.07) is 5.39. The minimum Gasteiger partial charge on any atom is -0.493 e. The monoisotopic (exact) mass is 333 g/mol. The van der Waals surface area contributed by atoms with E-state index in [4.69, 9.17) is 9.47 Å². The van der Waals surface area contributed by atoms with E-state index in [1.165, 1.54) is 6.08 Å². The summed E-state index contributed by atoms with van der Waals surface area (Å²) in [6.07, 6.45) is 3.24. The maximum absolute atomic E-state index is 12.2. The quantitative estimate of drug-likeness (QED) is 0.587. The zero-order valence-corrected chi connectivity index (χ0v) is 14.2. The molecule has 0 bridgehead atoms. The van der Waals surface area contributed by atoms with Gasteiger partial charge in [0.2, 0.25) is 0 Å². The van der Waals surface area contributed by atoms with Crippen molar-refractivity contribution in [3.8, 4) is 11.5 Å². The zero-order valence-electron chi connectivity index (χ0n) is 13.4. The first-order valence-corrected chi connectivity index (χ1v) is 7.99. The van der Waals surface area contributed by atoms with Gasteiger partial charge in [-0.1, -0.05) is 12.1 Å². The Kier molecular flexibility index (Phi) is 5.50. The highest BCUT2D eigenvalue weighted by Gasteiger charge is 2.34. The fourth-order valence-electron chi connectivity index (χ4n) is 2.06. The highest BCUT2D eigenvalue weighted by Crippen LogP contribution is 2.34. The van der Waals surface area contributed by atoms with E-state index in [0.717, 1.165) is 22.2 Å². The Morgan fingerprint density at radius 1 is 1.30 bits per heavy atom. The summed E-state index contributed by atoms with van der Waals surface area (Å²) < 4.78 is 11.0. The van der Waals surface area contributed by atoms with Crippen LogP contribution in [0, 0.1) is 0 Å². The SMILES string of the molecule is C=CCN1C(=O)S/C(=C/c2ccc(OC(C)C)c(OC)c2)C1=O. The lowest BCUT2D eigenvalue weighted by atomic mass is 10.2. The van der Waals surface area contributed by atoms with Gasteiger partial charge >= 0.3 is 0 Å². The van der Waals surface area contributed by atoms with Crippen molar-refractivity contribution >= 4 is 29.0 Å². The maximum atomic E-state index is 12.2. The summed E-state index contributed by atoms with van der Waals surface area (Å²) in [7, 11) is 1.56. The Balaban J connectivity index is 2.27. The molecule has 0 N–H and O–H groups in total. The second kappa shape index (κ2) is 7.37. The second-order valence-electron chi connectivity index (χ2n) is 5.16. The van der Waals surface area contributed by atoms with Crippen LogP contribution < -0.4 is 9.47 Å². The van der Waals surface area contributed by atoms with Crippen molar-refractivity contribution < 1.29 is 19.1 Å². The normalized spacial score (nSPS) is 16.3. The number of hydrogen-bond acceptors (Lipinski definition) is 5. The minimum atomic E-state index is -0.304. The van der Waals surface area contributed by atoms with Gasteiger partial charge in [-0.2, -0.15) is 0 Å². The largest absolute Gasteiger partial charge is 0.493 e. The van der Waals surface area contributed by atoms with E-state index in [-0.39, 0.29) is 23.8 Å². The van der Waals surface area contributed by atoms with Crippen molar-refractivity contribution in [3.63, 3.8) is 0 Å². The number of benzene rings is 1. The van der Waals surface area contributed by atoms with Crippen LogP contribution in [0.15, 0.2) is 35.8 Å². The van der Waals surface area contributed by atoms with E-state index in [1.54, 1.807) is 25.3 Å². The van der Waals surface area contributed by atoms with Gasteiger partial charge in [0.15, 0.2) is 11.5 Å². The van der Waals surface area contributed by atoms with E-state index in [2.05, 4.69) is 6.58 Å². The van der Waals surface area contributed by atoms with Gasteiger partial charge in [0.25, 0.3) is 11.1 Å². The Morgan fingerprint density at radius 3 is 2.65 bits per heavy atom. The van der Waals surface area contributed by atoms with Crippen LogP contribution in [0.1, 0.15) is 19.4 Å². The molecular weight excluding hydrogens is 314 g/mol. The number of imide groups is 1. The predicted octanol–water partition coefficient (Wildman–Crippen LogP) is 3.70. The molecule has 0 unspecified atom stereocenters. The van der Waals surface area contributed by atoms with Crippen LogP contribution in [0.3, 0.4) is 0 Å². The summed E-state index contributed by atoms with van der Waals surface area (Å²) in [4.78, 5) is 25.5. The molecule has 122 valence electrons. The molecule has 1 aliphatic rings. The number of carbonyl (C=O) groups is 2. The molecule has 0 atom stereocenters. The number of hydrogen-bond donors (Lipinski definition) is 0. The third-order valence-corrected chi connectivity index (χ3v) is 3.94. The number of methoxy groups -OCH3 is 1. The molecule has 0 aromatic heterocycles. The molecule has 1 aliphatic heterocycles. The number of nitrogens with zero attached hydrogens (tertiary/aromatic N) is 1. The highest BCUT2D eigenvalue weighted by atomic mass is 32.2. The van der Waals surface area contributed by atoms with Crippen molar-refractivity contribution in [2.45, 2.75) is 20.0 Å². The summed E-state index contributed by atoms with van der Waals surface area (Å²) in [5.74, 6) is 0.915. The van der Waals surface area contributed by atoms with Gasteiger partial charge in [-0.05, 0) is 49.4 Å². The first kappa shape index (κ1) is 17.1. The number of amides is 2. The van der Waals surface area contributed by atoms with Crippen LogP contribution >= 0.6 is 11.8 Å². The van der Waals surface area contributed by atoms with Gasteiger partial charge in [0.05, 0.1) is 18.1 Å². The molecule has 1 saturated heterocycles. The van der Waals surface area contributed by atoms with Gasteiger partial charge in [0, 0.05) is 6.54 Å². The van der Waals surface area contributed by atoms with Crippen molar-refractivity contribution in [2.75, 3.05) is 13.7 Å². The van der Waals surface area contributed by atoms with Crippen LogP contribution in [0.5, 0.6) is 11.5 Å². The molecular formula is C17H19NO4S. The highest BCUT2D eigenvalue weighted by molar-refractivity contribution is 8.18. The topological polar surface area (TPSA) is 55.8 Å². The predicted molar refractivity (Wildman–Crippen MR) is 91.6 cm³/mol. The summed E-state index contributed by atoms with van der Waals surface area (Å²) in [5.41, 5.74) is 0.766.